The Kier molecular flexibility index (Phi) is 4.11. The molecule has 1 amide bonds. The second kappa shape index (κ2) is 5.44. The normalized spacial score (nSPS) is 33.4. The zero-order valence-electron chi connectivity index (χ0n) is 9.93. The summed E-state index contributed by atoms with van der Waals surface area (Å²) in [6.45, 7) is 0.736. The summed E-state index contributed by atoms with van der Waals surface area (Å²) in [4.78, 5) is 11.7. The molecule has 0 aromatic rings. The van der Waals surface area contributed by atoms with Crippen LogP contribution in [0.1, 0.15) is 25.7 Å². The number of carbonyl (C=O) groups is 1. The molecule has 104 valence electrons. The smallest absolute Gasteiger partial charge is 0.368 e. The number of rotatable bonds is 2. The Balaban J connectivity index is 1.75. The van der Waals surface area contributed by atoms with Crippen molar-refractivity contribution in [3.63, 3.8) is 0 Å². The second-order valence-electron chi connectivity index (χ2n) is 4.79. The molecule has 4 nitrogen and oxygen atoms in total. The number of ether oxygens (including phenoxy) is 1. The highest BCUT2D eigenvalue weighted by atomic mass is 19.4. The van der Waals surface area contributed by atoms with E-state index in [0.717, 1.165) is 6.42 Å². The maximum atomic E-state index is 12.4. The molecule has 0 aromatic heterocycles. The van der Waals surface area contributed by atoms with Crippen molar-refractivity contribution in [1.29, 1.82) is 0 Å². The minimum Gasteiger partial charge on any atom is -0.368 e. The van der Waals surface area contributed by atoms with Crippen LogP contribution in [0.25, 0.3) is 0 Å². The molecule has 2 aliphatic rings. The molecular weight excluding hydrogens is 249 g/mol. The fourth-order valence-electron chi connectivity index (χ4n) is 2.34. The minimum absolute atomic E-state index is 0.0000293. The molecule has 2 N–H and O–H groups in total. The van der Waals surface area contributed by atoms with Crippen molar-refractivity contribution in [2.45, 2.75) is 50.0 Å². The Hall–Kier alpha value is -0.820. The lowest BCUT2D eigenvalue weighted by Gasteiger charge is -2.31. The molecule has 2 fully saturated rings. The highest BCUT2D eigenvalue weighted by molar-refractivity contribution is 5.81. The maximum Gasteiger partial charge on any atom is 0.403 e. The summed E-state index contributed by atoms with van der Waals surface area (Å²) >= 11 is 0. The average Bonchev–Trinajstić information content (AvgIpc) is 2.82. The van der Waals surface area contributed by atoms with Gasteiger partial charge in [-0.1, -0.05) is 0 Å². The monoisotopic (exact) mass is 266 g/mol. The van der Waals surface area contributed by atoms with E-state index in [1.54, 1.807) is 0 Å². The number of hydrogen-bond donors (Lipinski definition) is 2. The maximum absolute atomic E-state index is 12.4. The van der Waals surface area contributed by atoms with E-state index in [1.807, 2.05) is 0 Å². The van der Waals surface area contributed by atoms with Crippen molar-refractivity contribution in [2.75, 3.05) is 13.2 Å². The number of amides is 1. The molecule has 2 aliphatic heterocycles. The number of halogens is 3. The highest BCUT2D eigenvalue weighted by Crippen LogP contribution is 2.26. The van der Waals surface area contributed by atoms with Crippen molar-refractivity contribution in [3.05, 3.63) is 0 Å². The summed E-state index contributed by atoms with van der Waals surface area (Å²) in [5.41, 5.74) is 0. The first-order chi connectivity index (χ1) is 8.47. The van der Waals surface area contributed by atoms with Crippen molar-refractivity contribution in [2.24, 2.45) is 0 Å². The molecule has 18 heavy (non-hydrogen) atoms. The third kappa shape index (κ3) is 3.35. The van der Waals surface area contributed by atoms with E-state index >= 15 is 0 Å². The third-order valence-electron chi connectivity index (χ3n) is 3.38. The summed E-state index contributed by atoms with van der Waals surface area (Å²) in [5, 5.41) is 5.16. The summed E-state index contributed by atoms with van der Waals surface area (Å²) in [6.07, 6.45) is -2.74. The zero-order valence-corrected chi connectivity index (χ0v) is 9.93. The van der Waals surface area contributed by atoms with Gasteiger partial charge < -0.3 is 15.4 Å². The van der Waals surface area contributed by atoms with Gasteiger partial charge in [0.2, 0.25) is 5.91 Å². The van der Waals surface area contributed by atoms with E-state index in [0.29, 0.717) is 19.4 Å². The van der Waals surface area contributed by atoms with Crippen molar-refractivity contribution in [1.82, 2.24) is 10.6 Å². The molecular formula is C11H17F3N2O2. The minimum atomic E-state index is -4.20. The lowest BCUT2D eigenvalue weighted by molar-refractivity contribution is -0.161. The van der Waals surface area contributed by atoms with Crippen molar-refractivity contribution < 1.29 is 22.7 Å². The van der Waals surface area contributed by atoms with Crippen molar-refractivity contribution in [3.8, 4) is 0 Å². The Morgan fingerprint density at radius 3 is 2.56 bits per heavy atom. The van der Waals surface area contributed by atoms with E-state index in [4.69, 9.17) is 4.74 Å². The number of hydrogen-bond acceptors (Lipinski definition) is 3. The largest absolute Gasteiger partial charge is 0.403 e. The predicted octanol–water partition coefficient (Wildman–Crippen LogP) is 0.964. The van der Waals surface area contributed by atoms with E-state index in [1.165, 1.54) is 0 Å². The van der Waals surface area contributed by atoms with Gasteiger partial charge in [0, 0.05) is 19.2 Å². The second-order valence-corrected chi connectivity index (χ2v) is 4.79. The summed E-state index contributed by atoms with van der Waals surface area (Å²) in [5.74, 6) is -0.204. The topological polar surface area (TPSA) is 50.4 Å². The van der Waals surface area contributed by atoms with E-state index in [2.05, 4.69) is 10.6 Å². The third-order valence-corrected chi connectivity index (χ3v) is 3.38. The quantitative estimate of drug-likeness (QED) is 0.783. The molecule has 2 heterocycles. The number of carbonyl (C=O) groups excluding carboxylic acids is 1. The van der Waals surface area contributed by atoms with E-state index in [-0.39, 0.29) is 24.9 Å². The summed E-state index contributed by atoms with van der Waals surface area (Å²) in [7, 11) is 0. The van der Waals surface area contributed by atoms with Crippen LogP contribution in [0.2, 0.25) is 0 Å². The van der Waals surface area contributed by atoms with Crippen LogP contribution in [0.3, 0.4) is 0 Å². The van der Waals surface area contributed by atoms with Crippen LogP contribution in [0.4, 0.5) is 13.2 Å². The van der Waals surface area contributed by atoms with Crippen LogP contribution < -0.4 is 10.6 Å². The van der Waals surface area contributed by atoms with Gasteiger partial charge in [-0.25, -0.2) is 0 Å². The Bertz CT molecular complexity index is 295. The standard InChI is InChI=1S/C11H17F3N2O2/c12-11(13,14)9-4-3-7(6-15-9)16-10(17)8-2-1-5-18-8/h7-9,15H,1-6H2,(H,16,17). The predicted molar refractivity (Wildman–Crippen MR) is 58.0 cm³/mol. The molecule has 2 rings (SSSR count). The summed E-state index contributed by atoms with van der Waals surface area (Å²) < 4.78 is 42.4. The van der Waals surface area contributed by atoms with Gasteiger partial charge in [-0.2, -0.15) is 13.2 Å². The van der Waals surface area contributed by atoms with Gasteiger partial charge in [0.05, 0.1) is 0 Å². The van der Waals surface area contributed by atoms with Gasteiger partial charge in [0.15, 0.2) is 0 Å². The fourth-order valence-corrected chi connectivity index (χ4v) is 2.34. The number of piperidine rings is 1. The van der Waals surface area contributed by atoms with Crippen LogP contribution in [0.5, 0.6) is 0 Å². The van der Waals surface area contributed by atoms with Gasteiger partial charge in [0.25, 0.3) is 0 Å². The first-order valence-electron chi connectivity index (χ1n) is 6.19. The van der Waals surface area contributed by atoms with E-state index in [9.17, 15) is 18.0 Å². The molecule has 3 unspecified atom stereocenters. The van der Waals surface area contributed by atoms with Gasteiger partial charge in [-0.15, -0.1) is 0 Å². The number of nitrogens with one attached hydrogen (secondary N) is 2. The Labute approximate surface area is 103 Å². The summed E-state index contributed by atoms with van der Waals surface area (Å²) in [6, 6.07) is -1.69. The van der Waals surface area contributed by atoms with E-state index < -0.39 is 18.3 Å². The molecule has 0 saturated carbocycles. The molecule has 0 bridgehead atoms. The Morgan fingerprint density at radius 2 is 2.06 bits per heavy atom. The zero-order chi connectivity index (χ0) is 13.2. The lowest BCUT2D eigenvalue weighted by atomic mass is 10.00. The van der Waals surface area contributed by atoms with Crippen LogP contribution in [0, 0.1) is 0 Å². The molecule has 0 spiro atoms. The van der Waals surface area contributed by atoms with Crippen LogP contribution in [-0.4, -0.2) is 43.4 Å². The average molecular weight is 266 g/mol. The first-order valence-corrected chi connectivity index (χ1v) is 6.19. The van der Waals surface area contributed by atoms with Gasteiger partial charge >= 0.3 is 6.18 Å². The molecule has 0 radical (unpaired) electrons. The fraction of sp³-hybridized carbons (Fsp3) is 0.909. The van der Waals surface area contributed by atoms with Gasteiger partial charge in [-0.3, -0.25) is 4.79 Å². The first kappa shape index (κ1) is 13.6. The molecule has 0 aromatic carbocycles. The molecule has 7 heteroatoms. The number of alkyl halides is 3. The lowest BCUT2D eigenvalue weighted by Crippen LogP contribution is -2.55. The van der Waals surface area contributed by atoms with Crippen LogP contribution in [-0.2, 0) is 9.53 Å². The Morgan fingerprint density at radius 1 is 1.28 bits per heavy atom. The molecule has 2 saturated heterocycles. The highest BCUT2D eigenvalue weighted by Gasteiger charge is 2.41. The van der Waals surface area contributed by atoms with Crippen LogP contribution >= 0.6 is 0 Å². The van der Waals surface area contributed by atoms with Gasteiger partial charge in [0.1, 0.15) is 12.1 Å². The van der Waals surface area contributed by atoms with Crippen LogP contribution in [0.15, 0.2) is 0 Å². The molecule has 0 aliphatic carbocycles. The molecule has 3 atom stereocenters. The van der Waals surface area contributed by atoms with Gasteiger partial charge in [-0.05, 0) is 25.7 Å². The van der Waals surface area contributed by atoms with Crippen molar-refractivity contribution >= 4 is 5.91 Å². The SMILES string of the molecule is O=C(NC1CCC(C(F)(F)F)NC1)C1CCCO1.